The smallest absolute Gasteiger partial charge is 0.315 e. The first kappa shape index (κ1) is 21.2. The maximum Gasteiger partial charge on any atom is 0.315 e. The van der Waals surface area contributed by atoms with Gasteiger partial charge in [0, 0.05) is 25.3 Å². The highest BCUT2D eigenvalue weighted by Gasteiger charge is 2.33. The van der Waals surface area contributed by atoms with Gasteiger partial charge >= 0.3 is 6.03 Å². The number of carbonyl (C=O) groups is 2. The Balaban J connectivity index is 1.49. The van der Waals surface area contributed by atoms with E-state index in [0.717, 1.165) is 29.8 Å². The fourth-order valence-electron chi connectivity index (χ4n) is 3.79. The summed E-state index contributed by atoms with van der Waals surface area (Å²) in [4.78, 5) is 26.3. The fraction of sp³-hybridized carbons (Fsp3) is 0.200. The zero-order valence-corrected chi connectivity index (χ0v) is 17.8. The van der Waals surface area contributed by atoms with Gasteiger partial charge in [0.05, 0.1) is 5.69 Å². The molecule has 1 fully saturated rings. The van der Waals surface area contributed by atoms with Crippen LogP contribution in [0, 0.1) is 0 Å². The molecule has 0 unspecified atom stereocenters. The van der Waals surface area contributed by atoms with E-state index >= 15 is 0 Å². The van der Waals surface area contributed by atoms with Crippen molar-refractivity contribution in [3.05, 3.63) is 96.1 Å². The third-order valence-corrected chi connectivity index (χ3v) is 5.43. The maximum absolute atomic E-state index is 13.6. The Kier molecular flexibility index (Phi) is 6.55. The van der Waals surface area contributed by atoms with E-state index < -0.39 is 12.1 Å². The van der Waals surface area contributed by atoms with Crippen LogP contribution < -0.4 is 21.4 Å². The number of hydrogen-bond acceptors (Lipinski definition) is 4. The number of hydrazine groups is 1. The molecule has 164 valence electrons. The molecule has 4 rings (SSSR count). The molecule has 3 aromatic rings. The SMILES string of the molecule is Nc1ccc(CNC(=O)N[C@@H](C(=O)N2CCCN2c2ccccc2)c2ccccc2)cc1. The van der Waals surface area contributed by atoms with Crippen molar-refractivity contribution < 1.29 is 9.59 Å². The number of carbonyl (C=O) groups excluding carboxylic acids is 2. The van der Waals surface area contributed by atoms with E-state index in [1.54, 1.807) is 17.1 Å². The number of anilines is 2. The van der Waals surface area contributed by atoms with Crippen LogP contribution in [0.15, 0.2) is 84.9 Å². The lowest BCUT2D eigenvalue weighted by atomic mass is 10.1. The van der Waals surface area contributed by atoms with Gasteiger partial charge in [-0.3, -0.25) is 14.8 Å². The minimum Gasteiger partial charge on any atom is -0.399 e. The molecule has 32 heavy (non-hydrogen) atoms. The van der Waals surface area contributed by atoms with Crippen molar-refractivity contribution in [1.82, 2.24) is 15.6 Å². The molecule has 7 nitrogen and oxygen atoms in total. The summed E-state index contributed by atoms with van der Waals surface area (Å²) in [7, 11) is 0. The molecule has 0 saturated carbocycles. The van der Waals surface area contributed by atoms with E-state index in [1.165, 1.54) is 0 Å². The van der Waals surface area contributed by atoms with Gasteiger partial charge in [-0.2, -0.15) is 0 Å². The molecule has 1 aliphatic heterocycles. The van der Waals surface area contributed by atoms with Crippen molar-refractivity contribution in [3.63, 3.8) is 0 Å². The average molecular weight is 430 g/mol. The summed E-state index contributed by atoms with van der Waals surface area (Å²) in [5, 5.41) is 9.41. The van der Waals surface area contributed by atoms with Crippen molar-refractivity contribution in [1.29, 1.82) is 0 Å². The molecule has 0 aliphatic carbocycles. The summed E-state index contributed by atoms with van der Waals surface area (Å²) >= 11 is 0. The number of para-hydroxylation sites is 1. The van der Waals surface area contributed by atoms with E-state index in [-0.39, 0.29) is 5.91 Å². The highest BCUT2D eigenvalue weighted by atomic mass is 16.2. The highest BCUT2D eigenvalue weighted by Crippen LogP contribution is 2.25. The number of nitrogens with two attached hydrogens (primary N) is 1. The number of nitrogens with zero attached hydrogens (tertiary/aromatic N) is 2. The summed E-state index contributed by atoms with van der Waals surface area (Å²) in [6.07, 6.45) is 0.867. The Morgan fingerprint density at radius 3 is 2.22 bits per heavy atom. The standard InChI is InChI=1S/C25H27N5O2/c26-21-14-12-19(13-15-21)18-27-25(32)28-23(20-8-3-1-4-9-20)24(31)30-17-7-16-29(30)22-10-5-2-6-11-22/h1-6,8-15,23H,7,16-18,26H2,(H2,27,28,32)/t23-/m1/s1. The number of benzene rings is 3. The maximum atomic E-state index is 13.6. The molecule has 3 amide bonds. The molecule has 3 aromatic carbocycles. The molecule has 0 spiro atoms. The predicted octanol–water partition coefficient (Wildman–Crippen LogP) is 3.46. The molecule has 1 saturated heterocycles. The Morgan fingerprint density at radius 1 is 0.875 bits per heavy atom. The fourth-order valence-corrected chi connectivity index (χ4v) is 3.79. The van der Waals surface area contributed by atoms with E-state index in [2.05, 4.69) is 10.6 Å². The molecule has 4 N–H and O–H groups in total. The third-order valence-electron chi connectivity index (χ3n) is 5.43. The molecule has 0 aromatic heterocycles. The van der Waals surface area contributed by atoms with Crippen LogP contribution in [0.25, 0.3) is 0 Å². The number of urea groups is 1. The van der Waals surface area contributed by atoms with E-state index in [9.17, 15) is 9.59 Å². The Hall–Kier alpha value is -4.00. The van der Waals surface area contributed by atoms with Gasteiger partial charge in [0.1, 0.15) is 6.04 Å². The number of nitrogen functional groups attached to an aromatic ring is 1. The van der Waals surface area contributed by atoms with Gasteiger partial charge in [0.2, 0.25) is 0 Å². The number of hydrogen-bond donors (Lipinski definition) is 3. The number of amides is 3. The van der Waals surface area contributed by atoms with Crippen LogP contribution in [0.5, 0.6) is 0 Å². The molecular formula is C25H27N5O2. The van der Waals surface area contributed by atoms with E-state index in [0.29, 0.717) is 18.8 Å². The molecule has 0 bridgehead atoms. The lowest BCUT2D eigenvalue weighted by molar-refractivity contribution is -0.132. The van der Waals surface area contributed by atoms with Gasteiger partial charge < -0.3 is 16.4 Å². The van der Waals surface area contributed by atoms with Crippen molar-refractivity contribution in [3.8, 4) is 0 Å². The first-order valence-electron chi connectivity index (χ1n) is 10.7. The summed E-state index contributed by atoms with van der Waals surface area (Å²) in [5.74, 6) is -0.166. The summed E-state index contributed by atoms with van der Waals surface area (Å²) in [5.41, 5.74) is 9.00. The van der Waals surface area contributed by atoms with Crippen LogP contribution in [0.3, 0.4) is 0 Å². The van der Waals surface area contributed by atoms with Gasteiger partial charge in [-0.05, 0) is 41.8 Å². The highest BCUT2D eigenvalue weighted by molar-refractivity contribution is 5.89. The van der Waals surface area contributed by atoms with Crippen molar-refractivity contribution >= 4 is 23.3 Å². The summed E-state index contributed by atoms with van der Waals surface area (Å²) in [6.45, 7) is 1.69. The van der Waals surface area contributed by atoms with Crippen molar-refractivity contribution in [2.24, 2.45) is 0 Å². The number of nitrogens with one attached hydrogen (secondary N) is 2. The van der Waals surface area contributed by atoms with Gasteiger partial charge in [0.25, 0.3) is 5.91 Å². The molecular weight excluding hydrogens is 402 g/mol. The molecule has 1 heterocycles. The van der Waals surface area contributed by atoms with E-state index in [1.807, 2.05) is 77.8 Å². The van der Waals surface area contributed by atoms with Crippen LogP contribution in [0.1, 0.15) is 23.6 Å². The van der Waals surface area contributed by atoms with Crippen LogP contribution >= 0.6 is 0 Å². The summed E-state index contributed by atoms with van der Waals surface area (Å²) in [6, 6.07) is 25.2. The zero-order chi connectivity index (χ0) is 22.3. The third kappa shape index (κ3) is 5.00. The quantitative estimate of drug-likeness (QED) is 0.524. The van der Waals surface area contributed by atoms with Gasteiger partial charge in [0.15, 0.2) is 0 Å². The lowest BCUT2D eigenvalue weighted by Crippen LogP contribution is -2.49. The number of rotatable bonds is 6. The minimum absolute atomic E-state index is 0.166. The predicted molar refractivity (Wildman–Crippen MR) is 126 cm³/mol. The topological polar surface area (TPSA) is 90.7 Å². The van der Waals surface area contributed by atoms with Crippen LogP contribution in [-0.2, 0) is 11.3 Å². The summed E-state index contributed by atoms with van der Waals surface area (Å²) < 4.78 is 0. The lowest BCUT2D eigenvalue weighted by Gasteiger charge is -2.33. The largest absolute Gasteiger partial charge is 0.399 e. The van der Waals surface area contributed by atoms with Gasteiger partial charge in [-0.15, -0.1) is 0 Å². The second-order valence-electron chi connectivity index (χ2n) is 7.69. The molecule has 1 atom stereocenters. The Bertz CT molecular complexity index is 1040. The first-order chi connectivity index (χ1) is 15.6. The monoisotopic (exact) mass is 429 g/mol. The second kappa shape index (κ2) is 9.87. The van der Waals surface area contributed by atoms with Crippen LogP contribution in [0.2, 0.25) is 0 Å². The molecule has 0 radical (unpaired) electrons. The van der Waals surface area contributed by atoms with Crippen molar-refractivity contribution in [2.45, 2.75) is 19.0 Å². The Morgan fingerprint density at radius 2 is 1.53 bits per heavy atom. The normalized spacial score (nSPS) is 14.1. The van der Waals surface area contributed by atoms with Gasteiger partial charge in [-0.1, -0.05) is 60.7 Å². The minimum atomic E-state index is -0.799. The van der Waals surface area contributed by atoms with Crippen LogP contribution in [0.4, 0.5) is 16.2 Å². The van der Waals surface area contributed by atoms with Gasteiger partial charge in [-0.25, -0.2) is 4.79 Å². The molecule has 7 heteroatoms. The van der Waals surface area contributed by atoms with E-state index in [4.69, 9.17) is 5.73 Å². The molecule has 1 aliphatic rings. The zero-order valence-electron chi connectivity index (χ0n) is 17.8. The Labute approximate surface area is 187 Å². The van der Waals surface area contributed by atoms with Crippen molar-refractivity contribution in [2.75, 3.05) is 23.8 Å². The average Bonchev–Trinajstić information content (AvgIpc) is 3.33. The second-order valence-corrected chi connectivity index (χ2v) is 7.69. The first-order valence-corrected chi connectivity index (χ1v) is 10.7. The van der Waals surface area contributed by atoms with Crippen LogP contribution in [-0.4, -0.2) is 30.0 Å².